The molecule has 0 atom stereocenters. The fraction of sp³-hybridized carbons (Fsp3) is 0.571. The molecule has 0 spiro atoms. The lowest BCUT2D eigenvalue weighted by Gasteiger charge is -2.40. The van der Waals surface area contributed by atoms with Gasteiger partial charge >= 0.3 is 6.09 Å². The van der Waals surface area contributed by atoms with E-state index in [1.54, 1.807) is 25.1 Å². The van der Waals surface area contributed by atoms with E-state index in [1.807, 2.05) is 10.2 Å². The van der Waals surface area contributed by atoms with Gasteiger partial charge in [0, 0.05) is 38.7 Å². The maximum absolute atomic E-state index is 15.0. The van der Waals surface area contributed by atoms with Crippen LogP contribution in [-0.4, -0.2) is 49.0 Å². The van der Waals surface area contributed by atoms with Crippen LogP contribution in [0.4, 0.5) is 14.9 Å². The van der Waals surface area contributed by atoms with E-state index in [0.717, 1.165) is 51.9 Å². The Morgan fingerprint density at radius 3 is 2.33 bits per heavy atom. The summed E-state index contributed by atoms with van der Waals surface area (Å²) in [5.74, 6) is 0.485. The Labute approximate surface area is 176 Å². The number of guanidine groups is 1. The van der Waals surface area contributed by atoms with Crippen LogP contribution in [0.15, 0.2) is 18.2 Å². The predicted octanol–water partition coefficient (Wildman–Crippen LogP) is 2.42. The summed E-state index contributed by atoms with van der Waals surface area (Å²) in [5, 5.41) is 9.01. The van der Waals surface area contributed by atoms with Gasteiger partial charge in [-0.05, 0) is 43.6 Å². The third-order valence-electron chi connectivity index (χ3n) is 6.19. The lowest BCUT2D eigenvalue weighted by molar-refractivity contribution is -0.130. The fourth-order valence-electron chi connectivity index (χ4n) is 4.51. The summed E-state index contributed by atoms with van der Waals surface area (Å²) in [6.45, 7) is 4.64. The summed E-state index contributed by atoms with van der Waals surface area (Å²) in [4.78, 5) is 26.9. The van der Waals surface area contributed by atoms with E-state index in [9.17, 15) is 14.0 Å². The number of alkyl carbamates (subject to hydrolysis) is 1. The highest BCUT2D eigenvalue weighted by atomic mass is 19.1. The summed E-state index contributed by atoms with van der Waals surface area (Å²) in [6, 6.07) is 5.08. The first-order valence-corrected chi connectivity index (χ1v) is 10.4. The molecule has 164 valence electrons. The van der Waals surface area contributed by atoms with Crippen LogP contribution in [0, 0.1) is 23.1 Å². The van der Waals surface area contributed by atoms with Gasteiger partial charge in [-0.15, -0.1) is 0 Å². The topological polar surface area (TPSA) is 112 Å². The van der Waals surface area contributed by atoms with Gasteiger partial charge in [0.1, 0.15) is 6.61 Å². The minimum absolute atomic E-state index is 0.154. The number of nitrogens with two attached hydrogens (primary N) is 1. The number of piperidine rings is 2. The number of carbonyl (C=O) groups is 2. The molecule has 30 heavy (non-hydrogen) atoms. The number of nitrogens with one attached hydrogen (secondary N) is 2. The first kappa shape index (κ1) is 21.9. The predicted molar refractivity (Wildman–Crippen MR) is 112 cm³/mol. The highest BCUT2D eigenvalue weighted by Crippen LogP contribution is 2.35. The molecule has 4 N–H and O–H groups in total. The van der Waals surface area contributed by atoms with Crippen molar-refractivity contribution in [3.05, 3.63) is 29.6 Å². The molecule has 0 radical (unpaired) electrons. The van der Waals surface area contributed by atoms with Gasteiger partial charge in [0.25, 0.3) is 0 Å². The second-order valence-electron chi connectivity index (χ2n) is 8.03. The smallest absolute Gasteiger partial charge is 0.414 e. The van der Waals surface area contributed by atoms with Crippen molar-refractivity contribution in [2.45, 2.75) is 39.2 Å². The molecular formula is C21H30FN5O3. The number of benzene rings is 1. The van der Waals surface area contributed by atoms with Crippen LogP contribution in [0.1, 0.15) is 38.2 Å². The molecule has 3 rings (SSSR count). The highest BCUT2D eigenvalue weighted by Gasteiger charge is 2.31. The van der Waals surface area contributed by atoms with E-state index >= 15 is 0 Å². The molecule has 2 aliphatic heterocycles. The van der Waals surface area contributed by atoms with Gasteiger partial charge in [0.2, 0.25) is 5.91 Å². The average molecular weight is 420 g/mol. The number of anilines is 1. The van der Waals surface area contributed by atoms with Crippen LogP contribution in [0.3, 0.4) is 0 Å². The van der Waals surface area contributed by atoms with Gasteiger partial charge in [-0.1, -0.05) is 12.1 Å². The molecule has 2 fully saturated rings. The van der Waals surface area contributed by atoms with Crippen LogP contribution >= 0.6 is 0 Å². The van der Waals surface area contributed by atoms with Crippen molar-refractivity contribution in [1.82, 2.24) is 10.2 Å². The van der Waals surface area contributed by atoms with E-state index in [4.69, 9.17) is 15.9 Å². The molecule has 1 aromatic carbocycles. The third kappa shape index (κ3) is 5.40. The van der Waals surface area contributed by atoms with E-state index < -0.39 is 12.1 Å². The number of hydrogen-bond acceptors (Lipinski definition) is 5. The summed E-state index contributed by atoms with van der Waals surface area (Å²) in [6.07, 6.45) is 3.23. The van der Waals surface area contributed by atoms with Crippen molar-refractivity contribution < 1.29 is 18.7 Å². The summed E-state index contributed by atoms with van der Waals surface area (Å²) < 4.78 is 19.9. The van der Waals surface area contributed by atoms with Gasteiger partial charge in [0.05, 0.1) is 5.69 Å². The van der Waals surface area contributed by atoms with Gasteiger partial charge in [-0.3, -0.25) is 15.5 Å². The van der Waals surface area contributed by atoms with E-state index in [0.29, 0.717) is 17.5 Å². The van der Waals surface area contributed by atoms with Crippen molar-refractivity contribution in [2.75, 3.05) is 31.1 Å². The van der Waals surface area contributed by atoms with Gasteiger partial charge in [0.15, 0.2) is 11.8 Å². The number of carbonyl (C=O) groups excluding carboxylic acids is 2. The van der Waals surface area contributed by atoms with Crippen LogP contribution in [0.5, 0.6) is 0 Å². The van der Waals surface area contributed by atoms with E-state index in [1.165, 1.54) is 0 Å². The molecule has 0 bridgehead atoms. The van der Waals surface area contributed by atoms with Crippen LogP contribution in [0.2, 0.25) is 0 Å². The molecular weight excluding hydrogens is 389 g/mol. The maximum Gasteiger partial charge on any atom is 0.414 e. The van der Waals surface area contributed by atoms with Crippen LogP contribution in [0.25, 0.3) is 0 Å². The van der Waals surface area contributed by atoms with Crippen LogP contribution in [-0.2, 0) is 16.1 Å². The summed E-state index contributed by atoms with van der Waals surface area (Å²) >= 11 is 0. The number of ether oxygens (including phenoxy) is 1. The Bertz CT molecular complexity index is 787. The zero-order valence-corrected chi connectivity index (χ0v) is 17.3. The SMILES string of the molecule is CC(=O)N1CCC(C2CCN(c3cccc(COC(=O)NC(=N)N)c3F)CC2)CC1. The van der Waals surface area contributed by atoms with Gasteiger partial charge in [-0.2, -0.15) is 0 Å². The van der Waals surface area contributed by atoms with Crippen LogP contribution < -0.4 is 16.0 Å². The Kier molecular flexibility index (Phi) is 7.12. The summed E-state index contributed by atoms with van der Waals surface area (Å²) in [5.41, 5.74) is 5.88. The minimum Gasteiger partial charge on any atom is -0.444 e. The minimum atomic E-state index is -0.885. The Morgan fingerprint density at radius 1 is 1.17 bits per heavy atom. The van der Waals surface area contributed by atoms with Crippen molar-refractivity contribution >= 4 is 23.6 Å². The molecule has 9 heteroatoms. The summed E-state index contributed by atoms with van der Waals surface area (Å²) in [7, 11) is 0. The van der Waals surface area contributed by atoms with E-state index in [-0.39, 0.29) is 23.9 Å². The molecule has 8 nitrogen and oxygen atoms in total. The number of amides is 2. The first-order chi connectivity index (χ1) is 14.3. The molecule has 1 aromatic rings. The standard InChI is InChI=1S/C21H30FN5O3/c1-14(28)26-9-5-15(6-10-26)16-7-11-27(12-8-16)18-4-2-3-17(19(18)22)13-30-21(29)25-20(23)24/h2-4,15-16H,5-13H2,1H3,(H4,23,24,25,29). The number of likely N-dealkylation sites (tertiary alicyclic amines) is 1. The number of rotatable bonds is 4. The highest BCUT2D eigenvalue weighted by molar-refractivity contribution is 5.90. The van der Waals surface area contributed by atoms with Crippen molar-refractivity contribution in [3.63, 3.8) is 0 Å². The van der Waals surface area contributed by atoms with Crippen molar-refractivity contribution in [1.29, 1.82) is 5.41 Å². The lowest BCUT2D eigenvalue weighted by atomic mass is 9.78. The molecule has 2 aliphatic rings. The molecule has 2 amide bonds. The Balaban J connectivity index is 1.53. The average Bonchev–Trinajstić information content (AvgIpc) is 2.73. The molecule has 2 saturated heterocycles. The third-order valence-corrected chi connectivity index (χ3v) is 6.19. The molecule has 2 heterocycles. The quantitative estimate of drug-likeness (QED) is 0.513. The zero-order valence-electron chi connectivity index (χ0n) is 17.3. The number of nitrogens with zero attached hydrogens (tertiary/aromatic N) is 2. The lowest BCUT2D eigenvalue weighted by Crippen LogP contribution is -2.42. The van der Waals surface area contributed by atoms with Gasteiger partial charge < -0.3 is 20.3 Å². The van der Waals surface area contributed by atoms with Gasteiger partial charge in [-0.25, -0.2) is 9.18 Å². The monoisotopic (exact) mass is 419 g/mol. The van der Waals surface area contributed by atoms with Crippen molar-refractivity contribution in [2.24, 2.45) is 17.6 Å². The Morgan fingerprint density at radius 2 is 1.77 bits per heavy atom. The maximum atomic E-state index is 15.0. The van der Waals surface area contributed by atoms with E-state index in [2.05, 4.69) is 4.90 Å². The Hall–Kier alpha value is -2.84. The molecule has 0 aromatic heterocycles. The van der Waals surface area contributed by atoms with Crippen molar-refractivity contribution in [3.8, 4) is 0 Å². The normalized spacial score (nSPS) is 18.2. The molecule has 0 unspecified atom stereocenters. The number of hydrogen-bond donors (Lipinski definition) is 3. The zero-order chi connectivity index (χ0) is 21.7. The molecule has 0 aliphatic carbocycles. The second kappa shape index (κ2) is 9.77. The number of halogens is 1. The fourth-order valence-corrected chi connectivity index (χ4v) is 4.51. The molecule has 0 saturated carbocycles. The first-order valence-electron chi connectivity index (χ1n) is 10.4. The second-order valence-corrected chi connectivity index (χ2v) is 8.03. The largest absolute Gasteiger partial charge is 0.444 e.